The molecule has 0 radical (unpaired) electrons. The first kappa shape index (κ1) is 10.6. The summed E-state index contributed by atoms with van der Waals surface area (Å²) in [6.45, 7) is 0.537. The maximum Gasteiger partial charge on any atom is 0.182 e. The number of para-hydroxylation sites is 1. The van der Waals surface area contributed by atoms with Crippen LogP contribution < -0.4 is 10.3 Å². The van der Waals surface area contributed by atoms with E-state index in [1.54, 1.807) is 18.2 Å². The van der Waals surface area contributed by atoms with E-state index >= 15 is 0 Å². The number of halogens is 1. The van der Waals surface area contributed by atoms with E-state index in [-0.39, 0.29) is 11.6 Å². The largest absolute Gasteiger partial charge is 0.405 e. The number of rotatable bonds is 4. The molecule has 0 amide bonds. The van der Waals surface area contributed by atoms with Gasteiger partial charge in [-0.25, -0.2) is 4.39 Å². The highest BCUT2D eigenvalue weighted by atomic mass is 19.1. The van der Waals surface area contributed by atoms with Crippen molar-refractivity contribution in [3.05, 3.63) is 66.0 Å². The van der Waals surface area contributed by atoms with Crippen molar-refractivity contribution >= 4 is 0 Å². The Morgan fingerprint density at radius 3 is 2.38 bits per heavy atom. The van der Waals surface area contributed by atoms with Crippen molar-refractivity contribution < 1.29 is 9.23 Å². The Hall–Kier alpha value is -1.87. The summed E-state index contributed by atoms with van der Waals surface area (Å²) in [6.07, 6.45) is 0. The molecule has 0 spiro atoms. The highest BCUT2D eigenvalue weighted by Gasteiger charge is 2.00. The number of hydroxylamine groups is 1. The van der Waals surface area contributed by atoms with Gasteiger partial charge in [0.2, 0.25) is 0 Å². The highest BCUT2D eigenvalue weighted by molar-refractivity contribution is 5.23. The summed E-state index contributed by atoms with van der Waals surface area (Å²) < 4.78 is 13.2. The molecular weight excluding hydrogens is 205 g/mol. The fourth-order valence-corrected chi connectivity index (χ4v) is 1.32. The lowest BCUT2D eigenvalue weighted by Crippen LogP contribution is -2.18. The Kier molecular flexibility index (Phi) is 3.51. The minimum atomic E-state index is -0.372. The first-order valence-electron chi connectivity index (χ1n) is 5.04. The lowest BCUT2D eigenvalue weighted by molar-refractivity contribution is 0.181. The van der Waals surface area contributed by atoms with Crippen molar-refractivity contribution in [2.45, 2.75) is 6.54 Å². The van der Waals surface area contributed by atoms with Crippen molar-refractivity contribution in [2.24, 2.45) is 0 Å². The lowest BCUT2D eigenvalue weighted by atomic mass is 10.2. The van der Waals surface area contributed by atoms with Gasteiger partial charge < -0.3 is 4.84 Å². The molecule has 0 saturated carbocycles. The highest BCUT2D eigenvalue weighted by Crippen LogP contribution is 2.14. The van der Waals surface area contributed by atoms with Crippen LogP contribution in [-0.4, -0.2) is 0 Å². The fourth-order valence-electron chi connectivity index (χ4n) is 1.32. The summed E-state index contributed by atoms with van der Waals surface area (Å²) in [7, 11) is 0. The van der Waals surface area contributed by atoms with Crippen LogP contribution in [0.5, 0.6) is 5.75 Å². The Labute approximate surface area is 93.6 Å². The van der Waals surface area contributed by atoms with Gasteiger partial charge in [-0.3, -0.25) is 0 Å². The van der Waals surface area contributed by atoms with E-state index in [0.717, 1.165) is 5.56 Å². The van der Waals surface area contributed by atoms with Crippen molar-refractivity contribution in [3.8, 4) is 5.75 Å². The van der Waals surface area contributed by atoms with Gasteiger partial charge in [0.25, 0.3) is 0 Å². The second-order valence-corrected chi connectivity index (χ2v) is 3.34. The van der Waals surface area contributed by atoms with E-state index in [1.165, 1.54) is 6.07 Å². The van der Waals surface area contributed by atoms with E-state index in [4.69, 9.17) is 4.84 Å². The van der Waals surface area contributed by atoms with E-state index in [1.807, 2.05) is 30.3 Å². The van der Waals surface area contributed by atoms with Crippen LogP contribution in [0.4, 0.5) is 4.39 Å². The second-order valence-electron chi connectivity index (χ2n) is 3.34. The molecule has 82 valence electrons. The average Bonchev–Trinajstić information content (AvgIpc) is 2.33. The van der Waals surface area contributed by atoms with Gasteiger partial charge in [0.1, 0.15) is 0 Å². The summed E-state index contributed by atoms with van der Waals surface area (Å²) in [4.78, 5) is 5.12. The smallest absolute Gasteiger partial charge is 0.182 e. The Morgan fingerprint density at radius 2 is 1.62 bits per heavy atom. The molecular formula is C13H12FNO. The van der Waals surface area contributed by atoms with Crippen LogP contribution in [0.2, 0.25) is 0 Å². The van der Waals surface area contributed by atoms with Crippen LogP contribution in [0.25, 0.3) is 0 Å². The summed E-state index contributed by atoms with van der Waals surface area (Å²) >= 11 is 0. The molecule has 0 aromatic heterocycles. The Balaban J connectivity index is 1.87. The van der Waals surface area contributed by atoms with Crippen LogP contribution in [0.3, 0.4) is 0 Å². The molecule has 0 bridgehead atoms. The molecule has 2 nitrogen and oxygen atoms in total. The van der Waals surface area contributed by atoms with E-state index in [9.17, 15) is 4.39 Å². The molecule has 2 rings (SSSR count). The Morgan fingerprint density at radius 1 is 0.938 bits per heavy atom. The van der Waals surface area contributed by atoms with Crippen LogP contribution in [0.15, 0.2) is 54.6 Å². The van der Waals surface area contributed by atoms with E-state index in [0.29, 0.717) is 6.54 Å². The zero-order chi connectivity index (χ0) is 11.2. The third-order valence-electron chi connectivity index (χ3n) is 2.14. The third kappa shape index (κ3) is 2.81. The van der Waals surface area contributed by atoms with Gasteiger partial charge in [-0.15, -0.1) is 0 Å². The monoisotopic (exact) mass is 217 g/mol. The van der Waals surface area contributed by atoms with Crippen LogP contribution in [0, 0.1) is 5.82 Å². The summed E-state index contributed by atoms with van der Waals surface area (Å²) in [5.41, 5.74) is 3.80. The summed E-state index contributed by atoms with van der Waals surface area (Å²) in [5.74, 6) is -0.165. The second kappa shape index (κ2) is 5.28. The van der Waals surface area contributed by atoms with Crippen molar-refractivity contribution in [1.29, 1.82) is 0 Å². The normalized spacial score (nSPS) is 10.1. The molecule has 0 atom stereocenters. The molecule has 0 unspecified atom stereocenters. The molecule has 0 aliphatic rings. The third-order valence-corrected chi connectivity index (χ3v) is 2.14. The molecule has 2 aromatic carbocycles. The molecule has 1 N–H and O–H groups in total. The van der Waals surface area contributed by atoms with Crippen LogP contribution in [0.1, 0.15) is 5.56 Å². The molecule has 16 heavy (non-hydrogen) atoms. The van der Waals surface area contributed by atoms with Crippen molar-refractivity contribution in [1.82, 2.24) is 5.48 Å². The predicted molar refractivity (Wildman–Crippen MR) is 60.3 cm³/mol. The lowest BCUT2D eigenvalue weighted by Gasteiger charge is -2.07. The van der Waals surface area contributed by atoms with E-state index < -0.39 is 0 Å². The molecule has 0 aliphatic carbocycles. The minimum absolute atomic E-state index is 0.207. The number of benzene rings is 2. The van der Waals surface area contributed by atoms with Gasteiger partial charge >= 0.3 is 0 Å². The fraction of sp³-hybridized carbons (Fsp3) is 0.0769. The Bertz CT molecular complexity index is 445. The average molecular weight is 217 g/mol. The molecule has 0 aliphatic heterocycles. The summed E-state index contributed by atoms with van der Waals surface area (Å²) in [5, 5.41) is 0. The van der Waals surface area contributed by atoms with Gasteiger partial charge in [-0.05, 0) is 17.7 Å². The van der Waals surface area contributed by atoms with Crippen LogP contribution in [-0.2, 0) is 6.54 Å². The minimum Gasteiger partial charge on any atom is -0.405 e. The van der Waals surface area contributed by atoms with Gasteiger partial charge in [-0.1, -0.05) is 42.5 Å². The topological polar surface area (TPSA) is 21.3 Å². The van der Waals surface area contributed by atoms with Gasteiger partial charge in [-0.2, -0.15) is 5.48 Å². The first-order valence-corrected chi connectivity index (χ1v) is 5.04. The maximum absolute atomic E-state index is 13.2. The van der Waals surface area contributed by atoms with Gasteiger partial charge in [0.15, 0.2) is 11.6 Å². The van der Waals surface area contributed by atoms with E-state index in [2.05, 4.69) is 5.48 Å². The zero-order valence-corrected chi connectivity index (χ0v) is 8.69. The molecule has 0 saturated heterocycles. The van der Waals surface area contributed by atoms with Crippen molar-refractivity contribution in [3.63, 3.8) is 0 Å². The zero-order valence-electron chi connectivity index (χ0n) is 8.69. The quantitative estimate of drug-likeness (QED) is 0.795. The molecule has 0 fully saturated rings. The number of hydrogen-bond donors (Lipinski definition) is 1. The molecule has 3 heteroatoms. The standard InChI is InChI=1S/C13H12FNO/c14-12-8-4-5-9-13(12)16-15-10-11-6-2-1-3-7-11/h1-9,15H,10H2. The van der Waals surface area contributed by atoms with Gasteiger partial charge in [0, 0.05) is 0 Å². The molecule has 2 aromatic rings. The molecule has 0 heterocycles. The number of hydrogen-bond acceptors (Lipinski definition) is 2. The predicted octanol–water partition coefficient (Wildman–Crippen LogP) is 2.91. The first-order chi connectivity index (χ1) is 7.86. The van der Waals surface area contributed by atoms with Crippen LogP contribution >= 0.6 is 0 Å². The number of nitrogens with one attached hydrogen (secondary N) is 1. The van der Waals surface area contributed by atoms with Gasteiger partial charge in [0.05, 0.1) is 6.54 Å². The SMILES string of the molecule is Fc1ccccc1ONCc1ccccc1. The summed E-state index contributed by atoms with van der Waals surface area (Å²) in [6, 6.07) is 16.1. The maximum atomic E-state index is 13.2. The van der Waals surface area contributed by atoms with Crippen molar-refractivity contribution in [2.75, 3.05) is 0 Å².